The van der Waals surface area contributed by atoms with Gasteiger partial charge in [-0.2, -0.15) is 0 Å². The van der Waals surface area contributed by atoms with Gasteiger partial charge in [0.25, 0.3) is 11.8 Å². The molecule has 2 aromatic heterocycles. The minimum Gasteiger partial charge on any atom is -0.378 e. The summed E-state index contributed by atoms with van der Waals surface area (Å²) in [6.07, 6.45) is 4.14. The fourth-order valence-corrected chi connectivity index (χ4v) is 5.58. The Morgan fingerprint density at radius 1 is 0.952 bits per heavy atom. The molecule has 7 rings (SSSR count). The lowest BCUT2D eigenvalue weighted by Crippen LogP contribution is -2.54. The third kappa shape index (κ3) is 4.84. The predicted octanol–water partition coefficient (Wildman–Crippen LogP) is 6.20. The maximum atomic E-state index is 13.1. The smallest absolute Gasteiger partial charge is 0.255 e. The molecule has 0 spiro atoms. The molecule has 1 aliphatic carbocycles. The first kappa shape index (κ1) is 26.1. The normalized spacial score (nSPS) is 15.0. The van der Waals surface area contributed by atoms with Crippen LogP contribution in [-0.4, -0.2) is 58.0 Å². The van der Waals surface area contributed by atoms with Gasteiger partial charge < -0.3 is 19.9 Å². The molecule has 2 fully saturated rings. The summed E-state index contributed by atoms with van der Waals surface area (Å²) in [5.74, 6) is 0.532. The number of carbonyl (C=O) groups excluding carboxylic acids is 2. The minimum absolute atomic E-state index is 0.0115. The van der Waals surface area contributed by atoms with Crippen LogP contribution in [0, 0.1) is 6.92 Å². The van der Waals surface area contributed by atoms with Crippen LogP contribution >= 0.6 is 0 Å². The number of likely N-dealkylation sites (tertiary alicyclic amines) is 1. The molecule has 8 nitrogen and oxygen atoms in total. The van der Waals surface area contributed by atoms with Gasteiger partial charge in [0.2, 0.25) is 0 Å². The van der Waals surface area contributed by atoms with Gasteiger partial charge in [0.15, 0.2) is 0 Å². The number of methoxy groups -OCH3 is 1. The highest BCUT2D eigenvalue weighted by molar-refractivity contribution is 6.05. The topological polar surface area (TPSA) is 100 Å². The lowest BCUT2D eigenvalue weighted by atomic mass is 10.0. The second-order valence-electron chi connectivity index (χ2n) is 11.1. The Morgan fingerprint density at radius 3 is 2.40 bits per heavy atom. The summed E-state index contributed by atoms with van der Waals surface area (Å²) >= 11 is 0. The first-order chi connectivity index (χ1) is 20.5. The van der Waals surface area contributed by atoms with Crippen LogP contribution < -0.4 is 5.32 Å². The number of H-pyrrole nitrogens is 1. The van der Waals surface area contributed by atoms with E-state index in [0.717, 1.165) is 39.2 Å². The van der Waals surface area contributed by atoms with Crippen LogP contribution in [0.15, 0.2) is 79.1 Å². The summed E-state index contributed by atoms with van der Waals surface area (Å²) < 4.78 is 5.28. The molecule has 0 radical (unpaired) electrons. The van der Waals surface area contributed by atoms with Crippen LogP contribution in [0.5, 0.6) is 0 Å². The molecule has 2 aliphatic rings. The van der Waals surface area contributed by atoms with Crippen molar-refractivity contribution >= 4 is 28.5 Å². The molecular formula is C34H31N5O3. The number of carbonyl (C=O) groups is 2. The molecule has 5 aromatic rings. The van der Waals surface area contributed by atoms with E-state index in [2.05, 4.69) is 32.4 Å². The largest absolute Gasteiger partial charge is 0.378 e. The predicted molar refractivity (Wildman–Crippen MR) is 163 cm³/mol. The highest BCUT2D eigenvalue weighted by atomic mass is 16.5. The van der Waals surface area contributed by atoms with E-state index in [0.29, 0.717) is 35.8 Å². The number of hydrogen-bond donors (Lipinski definition) is 2. The summed E-state index contributed by atoms with van der Waals surface area (Å²) in [6, 6.07) is 23.4. The highest BCUT2D eigenvalue weighted by Crippen LogP contribution is 2.40. The number of fused-ring (bicyclic) bond motifs is 1. The fraction of sp³-hybridized carbons (Fsp3) is 0.235. The Hall–Kier alpha value is -4.82. The van der Waals surface area contributed by atoms with Crippen molar-refractivity contribution in [2.45, 2.75) is 31.8 Å². The Kier molecular flexibility index (Phi) is 6.55. The molecule has 8 heteroatoms. The monoisotopic (exact) mass is 557 g/mol. The molecule has 1 aliphatic heterocycles. The summed E-state index contributed by atoms with van der Waals surface area (Å²) in [6.45, 7) is 3.24. The van der Waals surface area contributed by atoms with Crippen molar-refractivity contribution in [2.24, 2.45) is 0 Å². The fourth-order valence-electron chi connectivity index (χ4n) is 5.58. The molecule has 2 amide bonds. The first-order valence-corrected chi connectivity index (χ1v) is 14.3. The Labute approximate surface area is 243 Å². The molecule has 2 N–H and O–H groups in total. The van der Waals surface area contributed by atoms with Crippen molar-refractivity contribution in [3.8, 4) is 22.5 Å². The maximum Gasteiger partial charge on any atom is 0.255 e. The van der Waals surface area contributed by atoms with Crippen molar-refractivity contribution in [3.63, 3.8) is 0 Å². The molecule has 0 unspecified atom stereocenters. The average Bonchev–Trinajstić information content (AvgIpc) is 3.75. The van der Waals surface area contributed by atoms with Crippen LogP contribution in [-0.2, 0) is 4.74 Å². The number of amides is 2. The van der Waals surface area contributed by atoms with E-state index in [1.54, 1.807) is 18.3 Å². The van der Waals surface area contributed by atoms with E-state index in [1.165, 1.54) is 18.4 Å². The zero-order valence-corrected chi connectivity index (χ0v) is 23.6. The van der Waals surface area contributed by atoms with E-state index < -0.39 is 0 Å². The molecule has 0 atom stereocenters. The zero-order chi connectivity index (χ0) is 28.8. The number of ether oxygens (including phenoxy) is 1. The van der Waals surface area contributed by atoms with E-state index in [4.69, 9.17) is 4.74 Å². The summed E-state index contributed by atoms with van der Waals surface area (Å²) in [7, 11) is 1.67. The van der Waals surface area contributed by atoms with E-state index in [-0.39, 0.29) is 17.9 Å². The molecule has 1 saturated heterocycles. The molecule has 210 valence electrons. The number of anilines is 1. The first-order valence-electron chi connectivity index (χ1n) is 14.3. The average molecular weight is 558 g/mol. The van der Waals surface area contributed by atoms with Crippen molar-refractivity contribution in [3.05, 3.63) is 101 Å². The summed E-state index contributed by atoms with van der Waals surface area (Å²) in [5.41, 5.74) is 8.50. The molecule has 0 bridgehead atoms. The van der Waals surface area contributed by atoms with Gasteiger partial charge in [-0.25, -0.2) is 9.97 Å². The number of rotatable bonds is 7. The number of aromatic nitrogens is 3. The van der Waals surface area contributed by atoms with Crippen LogP contribution in [0.25, 0.3) is 33.5 Å². The Balaban J connectivity index is 1.13. The van der Waals surface area contributed by atoms with E-state index >= 15 is 0 Å². The quantitative estimate of drug-likeness (QED) is 0.248. The highest BCUT2D eigenvalue weighted by Gasteiger charge is 2.31. The molecule has 3 aromatic carbocycles. The van der Waals surface area contributed by atoms with Gasteiger partial charge in [-0.1, -0.05) is 36.4 Å². The minimum atomic E-state index is -0.135. The Morgan fingerprint density at radius 2 is 1.69 bits per heavy atom. The standard InChI is InChI=1S/C34H31N5O3/c1-20-27(4-3-5-29(20)38-33(40)24-12-8-22(9-13-24)21-6-7-21)31-28-16-30(37-32(28)36-19-35-31)23-10-14-25(15-11-23)34(41)39-17-26(18-39)42-2/h3-5,8-16,19,21,26H,6-7,17-18H2,1-2H3,(H,38,40)(H,35,36,37). The lowest BCUT2D eigenvalue weighted by molar-refractivity contribution is -0.0191. The molecule has 42 heavy (non-hydrogen) atoms. The van der Waals surface area contributed by atoms with Gasteiger partial charge in [-0.3, -0.25) is 9.59 Å². The van der Waals surface area contributed by atoms with Crippen molar-refractivity contribution in [1.29, 1.82) is 0 Å². The second-order valence-corrected chi connectivity index (χ2v) is 11.1. The number of nitrogens with one attached hydrogen (secondary N) is 2. The Bertz CT molecular complexity index is 1800. The van der Waals surface area contributed by atoms with Crippen LogP contribution in [0.2, 0.25) is 0 Å². The SMILES string of the molecule is COC1CN(C(=O)c2ccc(-c3cc4c(-c5cccc(NC(=O)c6ccc(C7CC7)cc6)c5C)ncnc4[nH]3)cc2)C1. The number of benzene rings is 3. The molecule has 3 heterocycles. The van der Waals surface area contributed by atoms with Crippen molar-refractivity contribution < 1.29 is 14.3 Å². The summed E-state index contributed by atoms with van der Waals surface area (Å²) in [4.78, 5) is 40.1. The van der Waals surface area contributed by atoms with Crippen LogP contribution in [0.4, 0.5) is 5.69 Å². The van der Waals surface area contributed by atoms with Gasteiger partial charge >= 0.3 is 0 Å². The van der Waals surface area contributed by atoms with E-state index in [1.807, 2.05) is 67.6 Å². The van der Waals surface area contributed by atoms with Crippen molar-refractivity contribution in [1.82, 2.24) is 19.9 Å². The third-order valence-corrected chi connectivity index (χ3v) is 8.40. The van der Waals surface area contributed by atoms with Gasteiger partial charge in [0, 0.05) is 53.7 Å². The van der Waals surface area contributed by atoms with E-state index in [9.17, 15) is 9.59 Å². The zero-order valence-electron chi connectivity index (χ0n) is 23.6. The third-order valence-electron chi connectivity index (χ3n) is 8.40. The second kappa shape index (κ2) is 10.5. The van der Waals surface area contributed by atoms with Gasteiger partial charge in [0.05, 0.1) is 11.8 Å². The van der Waals surface area contributed by atoms with Gasteiger partial charge in [-0.15, -0.1) is 0 Å². The molecule has 1 saturated carbocycles. The number of nitrogens with zero attached hydrogens (tertiary/aromatic N) is 3. The van der Waals surface area contributed by atoms with Gasteiger partial charge in [0.1, 0.15) is 12.0 Å². The van der Waals surface area contributed by atoms with Crippen LogP contribution in [0.1, 0.15) is 50.6 Å². The summed E-state index contributed by atoms with van der Waals surface area (Å²) in [5, 5.41) is 3.96. The number of hydrogen-bond acceptors (Lipinski definition) is 5. The maximum absolute atomic E-state index is 13.1. The van der Waals surface area contributed by atoms with Crippen molar-refractivity contribution in [2.75, 3.05) is 25.5 Å². The molecular weight excluding hydrogens is 526 g/mol. The van der Waals surface area contributed by atoms with Gasteiger partial charge in [-0.05, 0) is 78.8 Å². The lowest BCUT2D eigenvalue weighted by Gasteiger charge is -2.38. The number of aromatic amines is 1. The van der Waals surface area contributed by atoms with Crippen LogP contribution in [0.3, 0.4) is 0 Å².